The number of hydrogen-bond acceptors (Lipinski definition) is 5. The average molecular weight is 202 g/mol. The van der Waals surface area contributed by atoms with Crippen LogP contribution in [0.3, 0.4) is 0 Å². The Morgan fingerprint density at radius 3 is 3.08 bits per heavy atom. The Hall–Kier alpha value is -1.01. The van der Waals surface area contributed by atoms with E-state index in [2.05, 4.69) is 4.98 Å². The van der Waals surface area contributed by atoms with Gasteiger partial charge in [0, 0.05) is 5.75 Å². The Morgan fingerprint density at radius 2 is 2.62 bits per heavy atom. The summed E-state index contributed by atoms with van der Waals surface area (Å²) in [7, 11) is 0. The predicted octanol–water partition coefficient (Wildman–Crippen LogP) is 0.487. The van der Waals surface area contributed by atoms with Crippen LogP contribution in [0.15, 0.2) is 15.9 Å². The number of nitrogens with two attached hydrogens (primary N) is 1. The molecule has 0 spiro atoms. The van der Waals surface area contributed by atoms with E-state index in [-0.39, 0.29) is 5.75 Å². The van der Waals surface area contributed by atoms with Gasteiger partial charge in [-0.05, 0) is 6.92 Å². The van der Waals surface area contributed by atoms with Crippen molar-refractivity contribution < 1.29 is 14.3 Å². The molecule has 1 aromatic heterocycles. The number of carboxylic acid groups (broad SMARTS) is 1. The highest BCUT2D eigenvalue weighted by molar-refractivity contribution is 7.99. The smallest absolute Gasteiger partial charge is 0.321 e. The molecule has 5 nitrogen and oxygen atoms in total. The summed E-state index contributed by atoms with van der Waals surface area (Å²) in [5.74, 6) is -0.759. The number of carbonyl (C=O) groups is 1. The molecule has 0 bridgehead atoms. The van der Waals surface area contributed by atoms with Gasteiger partial charge in [0.15, 0.2) is 0 Å². The molecule has 0 aliphatic carbocycles. The molecule has 0 amide bonds. The number of thioether (sulfide) groups is 1. The Balaban J connectivity index is 2.39. The fraction of sp³-hybridized carbons (Fsp3) is 0.429. The summed E-state index contributed by atoms with van der Waals surface area (Å²) >= 11 is 1.19. The molecule has 13 heavy (non-hydrogen) atoms. The zero-order valence-electron chi connectivity index (χ0n) is 7.06. The Morgan fingerprint density at radius 1 is 1.92 bits per heavy atom. The number of aromatic nitrogens is 1. The van der Waals surface area contributed by atoms with Crippen LogP contribution in [0, 0.1) is 6.92 Å². The van der Waals surface area contributed by atoms with Gasteiger partial charge in [0.25, 0.3) is 5.22 Å². The lowest BCUT2D eigenvalue weighted by Crippen LogP contribution is -2.32. The summed E-state index contributed by atoms with van der Waals surface area (Å²) in [6.45, 7) is 1.80. The van der Waals surface area contributed by atoms with E-state index in [1.165, 1.54) is 18.0 Å². The van der Waals surface area contributed by atoms with Crippen molar-refractivity contribution in [2.45, 2.75) is 18.2 Å². The zero-order chi connectivity index (χ0) is 9.84. The first-order valence-corrected chi connectivity index (χ1v) is 4.61. The van der Waals surface area contributed by atoms with E-state index in [1.54, 1.807) is 6.92 Å². The summed E-state index contributed by atoms with van der Waals surface area (Å²) in [6, 6.07) is -0.878. The summed E-state index contributed by atoms with van der Waals surface area (Å²) in [6.07, 6.45) is 1.51. The maximum atomic E-state index is 10.3. The molecular weight excluding hydrogens is 192 g/mol. The van der Waals surface area contributed by atoms with E-state index < -0.39 is 12.0 Å². The van der Waals surface area contributed by atoms with Crippen LogP contribution in [-0.2, 0) is 4.79 Å². The quantitative estimate of drug-likeness (QED) is 0.690. The molecule has 72 valence electrons. The first kappa shape index (κ1) is 10.1. The number of nitrogens with zero attached hydrogens (tertiary/aromatic N) is 1. The Kier molecular flexibility index (Phi) is 3.32. The van der Waals surface area contributed by atoms with Gasteiger partial charge >= 0.3 is 5.97 Å². The normalized spacial score (nSPS) is 12.8. The molecule has 1 aromatic rings. The Labute approximate surface area is 79.3 Å². The SMILES string of the molecule is Cc1coc(SCC(N)C(=O)O)n1. The van der Waals surface area contributed by atoms with Gasteiger partial charge in [0.05, 0.1) is 5.69 Å². The van der Waals surface area contributed by atoms with Crippen LogP contribution in [0.5, 0.6) is 0 Å². The Bertz CT molecular complexity index is 300. The van der Waals surface area contributed by atoms with Crippen molar-refractivity contribution in [3.63, 3.8) is 0 Å². The number of aryl methyl sites for hydroxylation is 1. The van der Waals surface area contributed by atoms with E-state index in [0.29, 0.717) is 5.22 Å². The van der Waals surface area contributed by atoms with Crippen molar-refractivity contribution in [3.8, 4) is 0 Å². The van der Waals surface area contributed by atoms with E-state index >= 15 is 0 Å². The molecule has 1 rings (SSSR count). The highest BCUT2D eigenvalue weighted by atomic mass is 32.2. The van der Waals surface area contributed by atoms with Crippen LogP contribution in [0.25, 0.3) is 0 Å². The minimum absolute atomic E-state index is 0.259. The van der Waals surface area contributed by atoms with Crippen LogP contribution >= 0.6 is 11.8 Å². The second-order valence-electron chi connectivity index (χ2n) is 2.51. The molecule has 0 aromatic carbocycles. The maximum absolute atomic E-state index is 10.3. The monoisotopic (exact) mass is 202 g/mol. The van der Waals surface area contributed by atoms with Crippen molar-refractivity contribution in [3.05, 3.63) is 12.0 Å². The molecule has 0 saturated heterocycles. The zero-order valence-corrected chi connectivity index (χ0v) is 7.87. The van der Waals surface area contributed by atoms with Crippen LogP contribution in [0.2, 0.25) is 0 Å². The molecule has 0 radical (unpaired) electrons. The third-order valence-corrected chi connectivity index (χ3v) is 2.26. The second kappa shape index (κ2) is 4.29. The number of oxazole rings is 1. The minimum Gasteiger partial charge on any atom is -0.480 e. The lowest BCUT2D eigenvalue weighted by molar-refractivity contribution is -0.137. The lowest BCUT2D eigenvalue weighted by atomic mass is 10.4. The average Bonchev–Trinajstić information content (AvgIpc) is 2.47. The molecule has 3 N–H and O–H groups in total. The van der Waals surface area contributed by atoms with Crippen molar-refractivity contribution in [1.29, 1.82) is 0 Å². The van der Waals surface area contributed by atoms with Gasteiger partial charge in [0.1, 0.15) is 12.3 Å². The molecule has 0 aliphatic heterocycles. The summed E-state index contributed by atoms with van der Waals surface area (Å²) in [4.78, 5) is 14.3. The van der Waals surface area contributed by atoms with Gasteiger partial charge < -0.3 is 15.3 Å². The van der Waals surface area contributed by atoms with Gasteiger partial charge in [-0.2, -0.15) is 0 Å². The van der Waals surface area contributed by atoms with Crippen LogP contribution in [0.4, 0.5) is 0 Å². The predicted molar refractivity (Wildman–Crippen MR) is 47.6 cm³/mol. The van der Waals surface area contributed by atoms with Crippen LogP contribution in [0.1, 0.15) is 5.69 Å². The van der Waals surface area contributed by atoms with Crippen molar-refractivity contribution >= 4 is 17.7 Å². The summed E-state index contributed by atoms with van der Waals surface area (Å²) < 4.78 is 5.00. The second-order valence-corrected chi connectivity index (χ2v) is 3.48. The molecule has 6 heteroatoms. The molecule has 0 fully saturated rings. The molecule has 0 aliphatic rings. The van der Waals surface area contributed by atoms with Crippen molar-refractivity contribution in [2.24, 2.45) is 5.73 Å². The van der Waals surface area contributed by atoms with Crippen molar-refractivity contribution in [1.82, 2.24) is 4.98 Å². The topological polar surface area (TPSA) is 89.3 Å². The fourth-order valence-electron chi connectivity index (χ4n) is 0.631. The fourth-order valence-corrected chi connectivity index (χ4v) is 1.42. The van der Waals surface area contributed by atoms with Crippen LogP contribution < -0.4 is 5.73 Å². The van der Waals surface area contributed by atoms with Gasteiger partial charge in [0.2, 0.25) is 0 Å². The summed E-state index contributed by atoms with van der Waals surface area (Å²) in [5.41, 5.74) is 6.05. The molecular formula is C7H10N2O3S. The van der Waals surface area contributed by atoms with Gasteiger partial charge in [-0.1, -0.05) is 11.8 Å². The molecule has 0 saturated carbocycles. The highest BCUT2D eigenvalue weighted by Crippen LogP contribution is 2.16. The summed E-state index contributed by atoms with van der Waals surface area (Å²) in [5, 5.41) is 8.93. The third-order valence-electron chi connectivity index (χ3n) is 1.30. The number of rotatable bonds is 4. The van der Waals surface area contributed by atoms with Gasteiger partial charge in [-0.15, -0.1) is 0 Å². The van der Waals surface area contributed by atoms with E-state index in [0.717, 1.165) is 5.69 Å². The third kappa shape index (κ3) is 3.08. The van der Waals surface area contributed by atoms with Crippen molar-refractivity contribution in [2.75, 3.05) is 5.75 Å². The van der Waals surface area contributed by atoms with E-state index in [1.807, 2.05) is 0 Å². The number of aliphatic carboxylic acids is 1. The number of carboxylic acids is 1. The van der Waals surface area contributed by atoms with Crippen LogP contribution in [-0.4, -0.2) is 27.9 Å². The lowest BCUT2D eigenvalue weighted by Gasteiger charge is -2.01. The minimum atomic E-state index is -1.02. The van der Waals surface area contributed by atoms with E-state index in [4.69, 9.17) is 15.3 Å². The maximum Gasteiger partial charge on any atom is 0.321 e. The molecule has 1 atom stereocenters. The first-order valence-electron chi connectivity index (χ1n) is 3.63. The molecule has 1 heterocycles. The molecule has 1 unspecified atom stereocenters. The van der Waals surface area contributed by atoms with E-state index in [9.17, 15) is 4.79 Å². The first-order chi connectivity index (χ1) is 6.09. The van der Waals surface area contributed by atoms with Gasteiger partial charge in [-0.3, -0.25) is 4.79 Å². The van der Waals surface area contributed by atoms with Gasteiger partial charge in [-0.25, -0.2) is 4.98 Å². The standard InChI is InChI=1S/C7H10N2O3S/c1-4-2-12-7(9-4)13-3-5(8)6(10)11/h2,5H,3,8H2,1H3,(H,10,11). The highest BCUT2D eigenvalue weighted by Gasteiger charge is 2.13. The largest absolute Gasteiger partial charge is 0.480 e. The number of hydrogen-bond donors (Lipinski definition) is 2.